The number of fused-ring (bicyclic) bond motifs is 1. The summed E-state index contributed by atoms with van der Waals surface area (Å²) in [6.07, 6.45) is 0. The van der Waals surface area contributed by atoms with Crippen LogP contribution in [0.4, 0.5) is 11.4 Å². The SMILES string of the molecule is CCS(=O)(=O)Nc1ccc2c(c1)C(C)(C)C(=O)N2. The van der Waals surface area contributed by atoms with Gasteiger partial charge in [-0.3, -0.25) is 9.52 Å². The highest BCUT2D eigenvalue weighted by Crippen LogP contribution is 2.38. The molecule has 18 heavy (non-hydrogen) atoms. The number of nitrogens with one attached hydrogen (secondary N) is 2. The molecule has 0 saturated heterocycles. The Hall–Kier alpha value is -1.56. The van der Waals surface area contributed by atoms with Gasteiger partial charge >= 0.3 is 0 Å². The Kier molecular flexibility index (Phi) is 2.85. The van der Waals surface area contributed by atoms with Gasteiger partial charge in [0.1, 0.15) is 0 Å². The van der Waals surface area contributed by atoms with Crippen molar-refractivity contribution in [2.24, 2.45) is 0 Å². The minimum atomic E-state index is -3.30. The van der Waals surface area contributed by atoms with Crippen molar-refractivity contribution in [3.05, 3.63) is 23.8 Å². The lowest BCUT2D eigenvalue weighted by Crippen LogP contribution is -2.27. The largest absolute Gasteiger partial charge is 0.325 e. The van der Waals surface area contributed by atoms with Crippen LogP contribution in [-0.2, 0) is 20.2 Å². The van der Waals surface area contributed by atoms with Crippen molar-refractivity contribution < 1.29 is 13.2 Å². The van der Waals surface area contributed by atoms with Crippen LogP contribution in [-0.4, -0.2) is 20.1 Å². The van der Waals surface area contributed by atoms with Crippen LogP contribution in [0.1, 0.15) is 26.3 Å². The van der Waals surface area contributed by atoms with Gasteiger partial charge in [0.2, 0.25) is 15.9 Å². The zero-order valence-corrected chi connectivity index (χ0v) is 11.4. The van der Waals surface area contributed by atoms with Crippen molar-refractivity contribution >= 4 is 27.3 Å². The average molecular weight is 268 g/mol. The van der Waals surface area contributed by atoms with Crippen LogP contribution in [0.15, 0.2) is 18.2 Å². The topological polar surface area (TPSA) is 75.3 Å². The first-order valence-corrected chi connectivity index (χ1v) is 7.38. The molecule has 1 aromatic carbocycles. The molecule has 1 aromatic rings. The van der Waals surface area contributed by atoms with Crippen LogP contribution in [0.2, 0.25) is 0 Å². The third-order valence-corrected chi connectivity index (χ3v) is 4.47. The van der Waals surface area contributed by atoms with Gasteiger partial charge in [-0.1, -0.05) is 0 Å². The number of rotatable bonds is 3. The maximum absolute atomic E-state index is 11.8. The summed E-state index contributed by atoms with van der Waals surface area (Å²) in [4.78, 5) is 11.8. The van der Waals surface area contributed by atoms with Gasteiger partial charge in [0.25, 0.3) is 0 Å². The summed E-state index contributed by atoms with van der Waals surface area (Å²) in [5.41, 5.74) is 1.40. The minimum absolute atomic E-state index is 0.0185. The number of hydrogen-bond donors (Lipinski definition) is 2. The van der Waals surface area contributed by atoms with Crippen LogP contribution >= 0.6 is 0 Å². The molecule has 2 rings (SSSR count). The molecule has 2 N–H and O–H groups in total. The fraction of sp³-hybridized carbons (Fsp3) is 0.417. The van der Waals surface area contributed by atoms with Crippen LogP contribution in [0, 0.1) is 0 Å². The van der Waals surface area contributed by atoms with Crippen LogP contribution in [0.5, 0.6) is 0 Å². The molecular formula is C12H16N2O3S. The molecule has 1 amide bonds. The van der Waals surface area contributed by atoms with Gasteiger partial charge in [0, 0.05) is 11.4 Å². The first kappa shape index (κ1) is 12.9. The van der Waals surface area contributed by atoms with Gasteiger partial charge in [-0.15, -0.1) is 0 Å². The molecule has 0 saturated carbocycles. The standard InChI is InChI=1S/C12H16N2O3S/c1-4-18(16,17)14-8-5-6-10-9(7-8)12(2,3)11(15)13-10/h5-7,14H,4H2,1-3H3,(H,13,15). The molecule has 0 aromatic heterocycles. The zero-order chi connectivity index (χ0) is 13.6. The Labute approximate surface area is 107 Å². The lowest BCUT2D eigenvalue weighted by molar-refractivity contribution is -0.119. The van der Waals surface area contributed by atoms with Gasteiger partial charge in [-0.05, 0) is 44.5 Å². The quantitative estimate of drug-likeness (QED) is 0.875. The van der Waals surface area contributed by atoms with Crippen molar-refractivity contribution in [1.82, 2.24) is 0 Å². The molecule has 0 radical (unpaired) electrons. The smallest absolute Gasteiger partial charge is 0.234 e. The second-order valence-electron chi connectivity index (χ2n) is 4.84. The van der Waals surface area contributed by atoms with Gasteiger partial charge < -0.3 is 5.32 Å². The molecule has 98 valence electrons. The predicted molar refractivity (Wildman–Crippen MR) is 71.2 cm³/mol. The summed E-state index contributed by atoms with van der Waals surface area (Å²) in [5, 5.41) is 2.78. The van der Waals surface area contributed by atoms with Crippen LogP contribution in [0.25, 0.3) is 0 Å². The molecule has 0 spiro atoms. The Bertz CT molecular complexity index is 606. The fourth-order valence-electron chi connectivity index (χ4n) is 1.89. The first-order valence-electron chi connectivity index (χ1n) is 5.73. The van der Waals surface area contributed by atoms with Crippen molar-refractivity contribution in [3.8, 4) is 0 Å². The van der Waals surface area contributed by atoms with E-state index in [1.807, 2.05) is 13.8 Å². The van der Waals surface area contributed by atoms with E-state index in [1.165, 1.54) is 0 Å². The Morgan fingerprint density at radius 1 is 1.33 bits per heavy atom. The normalized spacial score (nSPS) is 17.2. The summed E-state index contributed by atoms with van der Waals surface area (Å²) >= 11 is 0. The monoisotopic (exact) mass is 268 g/mol. The Morgan fingerprint density at radius 2 is 2.00 bits per heavy atom. The van der Waals surface area contributed by atoms with Gasteiger partial charge in [0.15, 0.2) is 0 Å². The Morgan fingerprint density at radius 3 is 2.61 bits per heavy atom. The van der Waals surface area contributed by atoms with E-state index in [4.69, 9.17) is 0 Å². The van der Waals surface area contributed by atoms with E-state index >= 15 is 0 Å². The van der Waals surface area contributed by atoms with E-state index in [0.29, 0.717) is 5.69 Å². The van der Waals surface area contributed by atoms with E-state index in [-0.39, 0.29) is 11.7 Å². The van der Waals surface area contributed by atoms with Crippen LogP contribution < -0.4 is 10.0 Å². The molecule has 6 heteroatoms. The fourth-order valence-corrected chi connectivity index (χ4v) is 2.52. The number of carbonyl (C=O) groups excluding carboxylic acids is 1. The molecule has 1 aliphatic heterocycles. The highest BCUT2D eigenvalue weighted by Gasteiger charge is 2.38. The lowest BCUT2D eigenvalue weighted by Gasteiger charge is -2.16. The maximum atomic E-state index is 11.8. The number of hydrogen-bond acceptors (Lipinski definition) is 3. The van der Waals surface area contributed by atoms with E-state index in [0.717, 1.165) is 11.3 Å². The van der Waals surface area contributed by atoms with Gasteiger partial charge in [0.05, 0.1) is 11.2 Å². The van der Waals surface area contributed by atoms with E-state index in [9.17, 15) is 13.2 Å². The van der Waals surface area contributed by atoms with Crippen molar-refractivity contribution in [2.75, 3.05) is 15.8 Å². The third-order valence-electron chi connectivity index (χ3n) is 3.16. The van der Waals surface area contributed by atoms with E-state index in [2.05, 4.69) is 10.0 Å². The molecule has 1 heterocycles. The molecule has 0 unspecified atom stereocenters. The zero-order valence-electron chi connectivity index (χ0n) is 10.6. The minimum Gasteiger partial charge on any atom is -0.325 e. The number of benzene rings is 1. The number of carbonyl (C=O) groups is 1. The van der Waals surface area contributed by atoms with Crippen molar-refractivity contribution in [3.63, 3.8) is 0 Å². The van der Waals surface area contributed by atoms with Gasteiger partial charge in [-0.2, -0.15) is 0 Å². The van der Waals surface area contributed by atoms with Gasteiger partial charge in [-0.25, -0.2) is 8.42 Å². The maximum Gasteiger partial charge on any atom is 0.234 e. The van der Waals surface area contributed by atoms with Crippen molar-refractivity contribution in [2.45, 2.75) is 26.2 Å². The number of amides is 1. The molecule has 0 fully saturated rings. The molecule has 0 aliphatic carbocycles. The lowest BCUT2D eigenvalue weighted by atomic mass is 9.86. The number of anilines is 2. The summed E-state index contributed by atoms with van der Waals surface area (Å²) in [5.74, 6) is -0.0574. The summed E-state index contributed by atoms with van der Waals surface area (Å²) in [6.45, 7) is 5.20. The third kappa shape index (κ3) is 2.08. The summed E-state index contributed by atoms with van der Waals surface area (Å²) in [7, 11) is -3.30. The second kappa shape index (κ2) is 3.98. The second-order valence-corrected chi connectivity index (χ2v) is 6.86. The molecule has 0 atom stereocenters. The molecule has 1 aliphatic rings. The van der Waals surface area contributed by atoms with Crippen molar-refractivity contribution in [1.29, 1.82) is 0 Å². The highest BCUT2D eigenvalue weighted by atomic mass is 32.2. The first-order chi connectivity index (χ1) is 8.26. The molecule has 5 nitrogen and oxygen atoms in total. The van der Waals surface area contributed by atoms with E-state index < -0.39 is 15.4 Å². The summed E-state index contributed by atoms with van der Waals surface area (Å²) in [6, 6.07) is 5.07. The highest BCUT2D eigenvalue weighted by molar-refractivity contribution is 7.92. The average Bonchev–Trinajstić information content (AvgIpc) is 2.51. The molecular weight excluding hydrogens is 252 g/mol. The number of sulfonamides is 1. The Balaban J connectivity index is 2.41. The predicted octanol–water partition coefficient (Wildman–Crippen LogP) is 1.68. The molecule has 0 bridgehead atoms. The van der Waals surface area contributed by atoms with E-state index in [1.54, 1.807) is 25.1 Å². The van der Waals surface area contributed by atoms with Crippen LogP contribution in [0.3, 0.4) is 0 Å². The summed E-state index contributed by atoms with van der Waals surface area (Å²) < 4.78 is 25.5.